The molecule has 0 saturated heterocycles. The van der Waals surface area contributed by atoms with Crippen molar-refractivity contribution in [2.75, 3.05) is 0 Å². The van der Waals surface area contributed by atoms with Crippen LogP contribution in [0.5, 0.6) is 0 Å². The summed E-state index contributed by atoms with van der Waals surface area (Å²) in [5, 5.41) is 2.93. The van der Waals surface area contributed by atoms with Crippen LogP contribution in [0.25, 0.3) is 0 Å². The van der Waals surface area contributed by atoms with Crippen LogP contribution in [0.3, 0.4) is 0 Å². The van der Waals surface area contributed by atoms with Crippen molar-refractivity contribution in [2.45, 2.75) is 33.6 Å². The predicted octanol–water partition coefficient (Wildman–Crippen LogP) is 4.01. The van der Waals surface area contributed by atoms with Gasteiger partial charge in [-0.05, 0) is 35.9 Å². The molecule has 11 heavy (non-hydrogen) atoms. The van der Waals surface area contributed by atoms with E-state index in [0.717, 1.165) is 0 Å². The topological polar surface area (TPSA) is 0 Å². The average Bonchev–Trinajstić information content (AvgIpc) is 1.85. The molecule has 0 bridgehead atoms. The number of rotatable bonds is 1. The zero-order valence-electron chi connectivity index (χ0n) is 7.68. The van der Waals surface area contributed by atoms with Crippen molar-refractivity contribution in [3.8, 4) is 0 Å². The van der Waals surface area contributed by atoms with E-state index in [0.29, 0.717) is 5.92 Å². The third-order valence-electron chi connectivity index (χ3n) is 1.77. The molecule has 0 spiro atoms. The minimum atomic E-state index is 0.662. The highest BCUT2D eigenvalue weighted by molar-refractivity contribution is 7.31. The summed E-state index contributed by atoms with van der Waals surface area (Å²) in [6.07, 6.45) is 0. The summed E-state index contributed by atoms with van der Waals surface area (Å²) in [4.78, 5) is 0. The Morgan fingerprint density at radius 3 is 1.91 bits per heavy atom. The normalized spacial score (nSPS) is 10.6. The minimum Gasteiger partial charge on any atom is -0.0699 e. The summed E-state index contributed by atoms with van der Waals surface area (Å²) in [6, 6.07) is 4.61. The first-order valence-corrected chi connectivity index (χ1v) is 4.94. The van der Waals surface area contributed by atoms with E-state index in [4.69, 9.17) is 0 Å². The molecule has 1 aromatic heterocycles. The molecule has 0 fully saturated rings. The Morgan fingerprint density at radius 1 is 1.09 bits per heavy atom. The highest BCUT2D eigenvalue weighted by Gasteiger charge is 1.99. The number of aryl methyl sites for hydroxylation is 2. The van der Waals surface area contributed by atoms with Gasteiger partial charge in [0, 0.05) is 0 Å². The maximum Gasteiger partial charge on any atom is -0.0218 e. The zero-order valence-corrected chi connectivity index (χ0v) is 8.57. The van der Waals surface area contributed by atoms with E-state index < -0.39 is 0 Å². The van der Waals surface area contributed by atoms with Gasteiger partial charge in [-0.1, -0.05) is 34.2 Å². The molecule has 0 atom stereocenters. The fourth-order valence-corrected chi connectivity index (χ4v) is 2.18. The second-order valence-corrected chi connectivity index (χ2v) is 4.97. The van der Waals surface area contributed by atoms with Crippen molar-refractivity contribution in [1.82, 2.24) is 0 Å². The lowest BCUT2D eigenvalue weighted by molar-refractivity contribution is 0.866. The summed E-state index contributed by atoms with van der Waals surface area (Å²) >= 11 is 0. The summed E-state index contributed by atoms with van der Waals surface area (Å²) < 4.78 is 0. The molecule has 0 unspecified atom stereocenters. The SMILES string of the molecule is Cc1cc(C(C)C)cc(C)p1. The van der Waals surface area contributed by atoms with Gasteiger partial charge in [0.15, 0.2) is 0 Å². The lowest BCUT2D eigenvalue weighted by atomic mass is 10.1. The highest BCUT2D eigenvalue weighted by atomic mass is 31.0. The maximum atomic E-state index is 2.30. The van der Waals surface area contributed by atoms with E-state index in [1.807, 2.05) is 0 Å². The van der Waals surface area contributed by atoms with Gasteiger partial charge >= 0.3 is 0 Å². The smallest absolute Gasteiger partial charge is 0.0218 e. The van der Waals surface area contributed by atoms with Crippen LogP contribution in [0.2, 0.25) is 0 Å². The van der Waals surface area contributed by atoms with Crippen molar-refractivity contribution in [3.63, 3.8) is 0 Å². The largest absolute Gasteiger partial charge is 0.0699 e. The molecule has 0 aromatic carbocycles. The van der Waals surface area contributed by atoms with Gasteiger partial charge in [-0.2, -0.15) is 0 Å². The standard InChI is InChI=1S/C10H15P/c1-7(2)10-5-8(3)11-9(4)6-10/h5-7H,1-4H3. The molecule has 1 aromatic rings. The van der Waals surface area contributed by atoms with Crippen molar-refractivity contribution >= 4 is 8.19 Å². The Balaban J connectivity index is 3.08. The van der Waals surface area contributed by atoms with Crippen LogP contribution >= 0.6 is 8.19 Å². The van der Waals surface area contributed by atoms with Crippen LogP contribution in [0.4, 0.5) is 0 Å². The number of hydrogen-bond donors (Lipinski definition) is 0. The Labute approximate surface area is 70.8 Å². The van der Waals surface area contributed by atoms with E-state index in [1.165, 1.54) is 24.3 Å². The van der Waals surface area contributed by atoms with Crippen molar-refractivity contribution in [3.05, 3.63) is 28.3 Å². The molecule has 0 aliphatic carbocycles. The highest BCUT2D eigenvalue weighted by Crippen LogP contribution is 2.24. The maximum absolute atomic E-state index is 2.30. The van der Waals surface area contributed by atoms with Gasteiger partial charge in [-0.25, -0.2) is 0 Å². The predicted molar refractivity (Wildman–Crippen MR) is 52.5 cm³/mol. The first kappa shape index (κ1) is 8.74. The van der Waals surface area contributed by atoms with Crippen LogP contribution in [-0.4, -0.2) is 0 Å². The van der Waals surface area contributed by atoms with Crippen molar-refractivity contribution < 1.29 is 0 Å². The van der Waals surface area contributed by atoms with Gasteiger partial charge in [-0.15, -0.1) is 0 Å². The van der Waals surface area contributed by atoms with Crippen molar-refractivity contribution in [2.24, 2.45) is 0 Å². The first-order chi connectivity index (χ1) is 5.09. The fraction of sp³-hybridized carbons (Fsp3) is 0.500. The van der Waals surface area contributed by atoms with Gasteiger partial charge in [0.05, 0.1) is 0 Å². The molecule has 1 heterocycles. The minimum absolute atomic E-state index is 0.662. The lowest BCUT2D eigenvalue weighted by Crippen LogP contribution is -1.86. The quantitative estimate of drug-likeness (QED) is 0.591. The lowest BCUT2D eigenvalue weighted by Gasteiger charge is -2.06. The molecule has 0 aliphatic rings. The third kappa shape index (κ3) is 2.31. The summed E-state index contributed by atoms with van der Waals surface area (Å²) in [5.74, 6) is 0.662. The van der Waals surface area contributed by atoms with Crippen LogP contribution in [0, 0.1) is 13.8 Å². The van der Waals surface area contributed by atoms with Gasteiger partial charge in [0.25, 0.3) is 0 Å². The third-order valence-corrected chi connectivity index (χ3v) is 2.73. The molecule has 0 amide bonds. The Kier molecular flexibility index (Phi) is 2.67. The van der Waals surface area contributed by atoms with Gasteiger partial charge < -0.3 is 0 Å². The Morgan fingerprint density at radius 2 is 1.55 bits per heavy atom. The fourth-order valence-electron chi connectivity index (χ4n) is 1.20. The first-order valence-electron chi connectivity index (χ1n) is 4.05. The van der Waals surface area contributed by atoms with Crippen molar-refractivity contribution in [1.29, 1.82) is 0 Å². The molecule has 1 heteroatoms. The van der Waals surface area contributed by atoms with Crippen LogP contribution in [0.15, 0.2) is 12.1 Å². The summed E-state index contributed by atoms with van der Waals surface area (Å²) in [5.41, 5.74) is 1.47. The van der Waals surface area contributed by atoms with Crippen LogP contribution < -0.4 is 0 Å². The zero-order chi connectivity index (χ0) is 8.43. The molecule has 0 radical (unpaired) electrons. The molecule has 0 saturated carbocycles. The molecule has 1 rings (SSSR count). The molecule has 60 valence electrons. The molecule has 0 nitrogen and oxygen atoms in total. The Hall–Kier alpha value is -0.350. The van der Waals surface area contributed by atoms with Gasteiger partial charge in [-0.3, -0.25) is 0 Å². The summed E-state index contributed by atoms with van der Waals surface area (Å²) in [6.45, 7) is 8.87. The molecular formula is C10H15P. The van der Waals surface area contributed by atoms with E-state index in [-0.39, 0.29) is 0 Å². The number of hydrogen-bond acceptors (Lipinski definition) is 0. The second kappa shape index (κ2) is 3.36. The second-order valence-electron chi connectivity index (χ2n) is 3.34. The van der Waals surface area contributed by atoms with Gasteiger partial charge in [0.1, 0.15) is 0 Å². The van der Waals surface area contributed by atoms with E-state index in [9.17, 15) is 0 Å². The van der Waals surface area contributed by atoms with Crippen LogP contribution in [0.1, 0.15) is 35.9 Å². The monoisotopic (exact) mass is 166 g/mol. The molecular weight excluding hydrogens is 151 g/mol. The molecule has 0 N–H and O–H groups in total. The Bertz CT molecular complexity index is 231. The van der Waals surface area contributed by atoms with Gasteiger partial charge in [0.2, 0.25) is 0 Å². The van der Waals surface area contributed by atoms with E-state index in [1.54, 1.807) is 0 Å². The average molecular weight is 166 g/mol. The van der Waals surface area contributed by atoms with E-state index in [2.05, 4.69) is 39.8 Å². The summed E-state index contributed by atoms with van der Waals surface area (Å²) in [7, 11) is 1.40. The van der Waals surface area contributed by atoms with E-state index >= 15 is 0 Å². The van der Waals surface area contributed by atoms with Crippen LogP contribution in [-0.2, 0) is 0 Å². The molecule has 0 aliphatic heterocycles.